The molecule has 144 valence electrons. The summed E-state index contributed by atoms with van der Waals surface area (Å²) in [5.74, 6) is 0.888. The Morgan fingerprint density at radius 3 is 1.78 bits per heavy atom. The molecule has 2 aliphatic carbocycles. The molecule has 4 rings (SSSR count). The highest BCUT2D eigenvalue weighted by Gasteiger charge is 2.57. The molecule has 3 heteroatoms. The Hall–Kier alpha value is -0.903. The Balaban J connectivity index is 1.67. The summed E-state index contributed by atoms with van der Waals surface area (Å²) < 4.78 is 7.24. The van der Waals surface area contributed by atoms with Crippen LogP contribution < -0.4 is 10.4 Å². The predicted octanol–water partition coefficient (Wildman–Crippen LogP) is 5.52. The Morgan fingerprint density at radius 1 is 0.889 bits per heavy atom. The summed E-state index contributed by atoms with van der Waals surface area (Å²) in [6.07, 6.45) is 5.69. The number of alkyl halides is 1. The van der Waals surface area contributed by atoms with Crippen molar-refractivity contribution in [1.82, 2.24) is 0 Å². The van der Waals surface area contributed by atoms with E-state index in [4.69, 9.17) is 4.43 Å². The molecule has 27 heavy (non-hydrogen) atoms. The molecule has 0 amide bonds. The van der Waals surface area contributed by atoms with Gasteiger partial charge in [0.25, 0.3) is 8.32 Å². The third-order valence-electron chi connectivity index (χ3n) is 6.74. The summed E-state index contributed by atoms with van der Waals surface area (Å²) in [4.78, 5) is 0. The molecule has 1 nitrogen and oxygen atoms in total. The van der Waals surface area contributed by atoms with Crippen molar-refractivity contribution in [2.45, 2.75) is 57.6 Å². The van der Waals surface area contributed by atoms with E-state index in [1.807, 2.05) is 0 Å². The van der Waals surface area contributed by atoms with E-state index >= 15 is 0 Å². The molecule has 0 unspecified atom stereocenters. The number of hydrogen-bond donors (Lipinski definition) is 0. The van der Waals surface area contributed by atoms with Gasteiger partial charge in [0.1, 0.15) is 0 Å². The highest BCUT2D eigenvalue weighted by Crippen LogP contribution is 2.60. The van der Waals surface area contributed by atoms with Crippen molar-refractivity contribution in [3.8, 4) is 0 Å². The van der Waals surface area contributed by atoms with E-state index in [2.05, 4.69) is 97.4 Å². The van der Waals surface area contributed by atoms with E-state index in [1.165, 1.54) is 36.1 Å². The number of rotatable bonds is 5. The fraction of sp³-hybridized carbons (Fsp3) is 0.500. The van der Waals surface area contributed by atoms with Crippen molar-refractivity contribution in [2.75, 3.05) is 5.33 Å². The first-order chi connectivity index (χ1) is 12.9. The Morgan fingerprint density at radius 2 is 1.37 bits per heavy atom. The van der Waals surface area contributed by atoms with Gasteiger partial charge in [-0.15, -0.1) is 0 Å². The maximum absolute atomic E-state index is 7.24. The smallest absolute Gasteiger partial charge is 0.261 e. The lowest BCUT2D eigenvalue weighted by Gasteiger charge is -2.59. The van der Waals surface area contributed by atoms with Crippen LogP contribution >= 0.6 is 15.9 Å². The highest BCUT2D eigenvalue weighted by atomic mass is 79.9. The van der Waals surface area contributed by atoms with Gasteiger partial charge in [-0.3, -0.25) is 0 Å². The zero-order valence-electron chi connectivity index (χ0n) is 16.7. The molecule has 2 aromatic carbocycles. The zero-order chi connectivity index (χ0) is 19.1. The third-order valence-corrected chi connectivity index (χ3v) is 12.8. The van der Waals surface area contributed by atoms with E-state index in [9.17, 15) is 0 Å². The molecule has 0 bridgehead atoms. The molecular formula is C24H31BrOSi. The van der Waals surface area contributed by atoms with Crippen molar-refractivity contribution in [2.24, 2.45) is 11.3 Å². The minimum absolute atomic E-state index is 0.0798. The van der Waals surface area contributed by atoms with Gasteiger partial charge in [0.05, 0.1) is 0 Å². The first-order valence-corrected chi connectivity index (χ1v) is 13.3. The second-order valence-electron chi connectivity index (χ2n) is 9.74. The maximum Gasteiger partial charge on any atom is 0.261 e. The van der Waals surface area contributed by atoms with Crippen molar-refractivity contribution >= 4 is 34.6 Å². The van der Waals surface area contributed by atoms with Crippen molar-refractivity contribution in [1.29, 1.82) is 0 Å². The minimum Gasteiger partial charge on any atom is -0.404 e. The Labute approximate surface area is 173 Å². The van der Waals surface area contributed by atoms with Crippen molar-refractivity contribution in [3.05, 3.63) is 60.7 Å². The summed E-state index contributed by atoms with van der Waals surface area (Å²) in [6.45, 7) is 7.12. The topological polar surface area (TPSA) is 9.23 Å². The van der Waals surface area contributed by atoms with Gasteiger partial charge in [-0.25, -0.2) is 0 Å². The third kappa shape index (κ3) is 3.36. The lowest BCUT2D eigenvalue weighted by Crippen LogP contribution is -2.69. The van der Waals surface area contributed by atoms with Gasteiger partial charge < -0.3 is 4.43 Å². The number of benzene rings is 2. The van der Waals surface area contributed by atoms with Crippen LogP contribution in [0.2, 0.25) is 5.04 Å². The average Bonchev–Trinajstić information content (AvgIpc) is 2.60. The molecule has 2 aliphatic rings. The van der Waals surface area contributed by atoms with Crippen LogP contribution in [0.4, 0.5) is 0 Å². The Kier molecular flexibility index (Phi) is 5.15. The molecule has 0 aromatic heterocycles. The molecular weight excluding hydrogens is 412 g/mol. The molecule has 0 atom stereocenters. The van der Waals surface area contributed by atoms with Crippen molar-refractivity contribution < 1.29 is 4.43 Å². The first kappa shape index (κ1) is 19.4. The van der Waals surface area contributed by atoms with Crippen LogP contribution in [0.5, 0.6) is 0 Å². The molecule has 2 aromatic rings. The quantitative estimate of drug-likeness (QED) is 0.437. The number of halogens is 1. The normalized spacial score (nSPS) is 27.9. The molecule has 1 spiro atoms. The average molecular weight is 444 g/mol. The van der Waals surface area contributed by atoms with Crippen LogP contribution in [0.15, 0.2) is 60.7 Å². The molecule has 2 saturated carbocycles. The standard InChI is InChI=1S/C24H31BrOSi/c1-23(2,3)27(21-10-6-4-7-11-21,22-12-8-5-9-13-22)26-20-16-24(17-20)14-19(15-24)18-25/h4-13,19-20H,14-18H2,1-3H3. The highest BCUT2D eigenvalue weighted by molar-refractivity contribution is 9.09. The minimum atomic E-state index is -2.37. The van der Waals surface area contributed by atoms with Gasteiger partial charge >= 0.3 is 0 Å². The number of hydrogen-bond acceptors (Lipinski definition) is 1. The van der Waals surface area contributed by atoms with E-state index in [-0.39, 0.29) is 5.04 Å². The molecule has 0 N–H and O–H groups in total. The van der Waals surface area contributed by atoms with Crippen LogP contribution in [0.3, 0.4) is 0 Å². The summed E-state index contributed by atoms with van der Waals surface area (Å²) in [7, 11) is -2.37. The molecule has 0 saturated heterocycles. The summed E-state index contributed by atoms with van der Waals surface area (Å²) in [5.41, 5.74) is 0.592. The molecule has 2 fully saturated rings. The van der Waals surface area contributed by atoms with Crippen LogP contribution in [0.1, 0.15) is 46.5 Å². The second-order valence-corrected chi connectivity index (χ2v) is 14.6. The first-order valence-electron chi connectivity index (χ1n) is 10.2. The second kappa shape index (κ2) is 7.17. The predicted molar refractivity (Wildman–Crippen MR) is 121 cm³/mol. The van der Waals surface area contributed by atoms with Crippen molar-refractivity contribution in [3.63, 3.8) is 0 Å². The SMILES string of the molecule is CC(C)(C)[Si](OC1CC2(CC(CBr)C2)C1)(c1ccccc1)c1ccccc1. The Bertz CT molecular complexity index is 714. The lowest BCUT2D eigenvalue weighted by molar-refractivity contribution is -0.0973. The molecule has 0 heterocycles. The van der Waals surface area contributed by atoms with Gasteiger partial charge in [0, 0.05) is 11.4 Å². The van der Waals surface area contributed by atoms with E-state index < -0.39 is 8.32 Å². The van der Waals surface area contributed by atoms with Gasteiger partial charge in [-0.2, -0.15) is 0 Å². The summed E-state index contributed by atoms with van der Waals surface area (Å²) in [6, 6.07) is 22.1. The lowest BCUT2D eigenvalue weighted by atomic mass is 9.51. The maximum atomic E-state index is 7.24. The molecule has 0 aliphatic heterocycles. The summed E-state index contributed by atoms with van der Waals surface area (Å²) in [5, 5.41) is 4.04. The monoisotopic (exact) mass is 442 g/mol. The van der Waals surface area contributed by atoms with Crippen LogP contribution in [-0.4, -0.2) is 19.8 Å². The van der Waals surface area contributed by atoms with E-state index in [0.29, 0.717) is 11.5 Å². The van der Waals surface area contributed by atoms with Gasteiger partial charge in [0.2, 0.25) is 0 Å². The fourth-order valence-electron chi connectivity index (χ4n) is 5.54. The van der Waals surface area contributed by atoms with Gasteiger partial charge in [-0.1, -0.05) is 97.4 Å². The molecule has 0 radical (unpaired) electrons. The van der Waals surface area contributed by atoms with E-state index in [1.54, 1.807) is 0 Å². The largest absolute Gasteiger partial charge is 0.404 e. The summed E-state index contributed by atoms with van der Waals surface area (Å²) >= 11 is 3.66. The van der Waals surface area contributed by atoms with Crippen LogP contribution in [0.25, 0.3) is 0 Å². The van der Waals surface area contributed by atoms with Crippen LogP contribution in [-0.2, 0) is 4.43 Å². The van der Waals surface area contributed by atoms with Gasteiger partial charge in [0.15, 0.2) is 0 Å². The fourth-order valence-corrected chi connectivity index (χ4v) is 10.7. The van der Waals surface area contributed by atoms with E-state index in [0.717, 1.165) is 11.2 Å². The zero-order valence-corrected chi connectivity index (χ0v) is 19.3. The van der Waals surface area contributed by atoms with Gasteiger partial charge in [-0.05, 0) is 52.4 Å². The van der Waals surface area contributed by atoms with Crippen LogP contribution in [0, 0.1) is 11.3 Å².